The number of nitrogens with zero attached hydrogens (tertiary/aromatic N) is 2. The van der Waals surface area contributed by atoms with E-state index < -0.39 is 0 Å². The number of carbonyl (C=O) groups is 1. The zero-order valence-electron chi connectivity index (χ0n) is 11.1. The third-order valence-corrected chi connectivity index (χ3v) is 3.64. The molecule has 0 saturated heterocycles. The van der Waals surface area contributed by atoms with Crippen molar-refractivity contribution in [2.75, 3.05) is 17.3 Å². The monoisotopic (exact) mass is 287 g/mol. The Morgan fingerprint density at radius 3 is 3.00 bits per heavy atom. The van der Waals surface area contributed by atoms with Gasteiger partial charge in [-0.05, 0) is 35.4 Å². The number of fused-ring (bicyclic) bond motifs is 1. The number of hydrogen-bond donors (Lipinski definition) is 1. The summed E-state index contributed by atoms with van der Waals surface area (Å²) in [6.07, 6.45) is 2.18. The third kappa shape index (κ3) is 2.34. The van der Waals surface area contributed by atoms with Crippen LogP contribution in [0.15, 0.2) is 36.5 Å². The van der Waals surface area contributed by atoms with Crippen LogP contribution in [-0.2, 0) is 17.8 Å². The Balaban J connectivity index is 1.91. The summed E-state index contributed by atoms with van der Waals surface area (Å²) in [6.45, 7) is 0.531. The number of nitrogens with one attached hydrogen (secondary N) is 1. The van der Waals surface area contributed by atoms with Crippen LogP contribution in [0, 0.1) is 0 Å². The van der Waals surface area contributed by atoms with Gasteiger partial charge in [-0.15, -0.1) is 0 Å². The Labute approximate surface area is 122 Å². The zero-order chi connectivity index (χ0) is 14.1. The van der Waals surface area contributed by atoms with E-state index in [9.17, 15) is 4.79 Å². The molecule has 4 nitrogen and oxygen atoms in total. The molecule has 1 aromatic heterocycles. The summed E-state index contributed by atoms with van der Waals surface area (Å²) in [5.74, 6) is 0.894. The highest BCUT2D eigenvalue weighted by atomic mass is 35.5. The van der Waals surface area contributed by atoms with Crippen molar-refractivity contribution in [1.29, 1.82) is 0 Å². The quantitative estimate of drug-likeness (QED) is 0.944. The standard InChI is InChI=1S/C15H14ClN3O/c1-17-14-6-10(4-5-18-14)9-19-13-8-12(16)3-2-11(13)7-15(19)20/h2-6,8H,7,9H2,1H3,(H,17,18). The van der Waals surface area contributed by atoms with Crippen LogP contribution in [0.25, 0.3) is 0 Å². The van der Waals surface area contributed by atoms with E-state index in [4.69, 9.17) is 11.6 Å². The van der Waals surface area contributed by atoms with Gasteiger partial charge in [-0.1, -0.05) is 17.7 Å². The molecule has 2 aromatic rings. The van der Waals surface area contributed by atoms with Gasteiger partial charge in [-0.25, -0.2) is 4.98 Å². The summed E-state index contributed by atoms with van der Waals surface area (Å²) in [5, 5.41) is 3.64. The average Bonchev–Trinajstić information content (AvgIpc) is 2.75. The molecule has 0 saturated carbocycles. The van der Waals surface area contributed by atoms with E-state index in [1.54, 1.807) is 11.1 Å². The van der Waals surface area contributed by atoms with Crippen LogP contribution in [0.4, 0.5) is 11.5 Å². The third-order valence-electron chi connectivity index (χ3n) is 3.40. The fourth-order valence-corrected chi connectivity index (χ4v) is 2.56. The highest BCUT2D eigenvalue weighted by molar-refractivity contribution is 6.31. The first-order chi connectivity index (χ1) is 9.67. The molecule has 0 atom stereocenters. The summed E-state index contributed by atoms with van der Waals surface area (Å²) < 4.78 is 0. The molecule has 102 valence electrons. The smallest absolute Gasteiger partial charge is 0.231 e. The van der Waals surface area contributed by atoms with Gasteiger partial charge in [0, 0.05) is 24.0 Å². The van der Waals surface area contributed by atoms with Crippen molar-refractivity contribution in [3.05, 3.63) is 52.7 Å². The Hall–Kier alpha value is -2.07. The largest absolute Gasteiger partial charge is 0.373 e. The maximum atomic E-state index is 12.2. The molecule has 3 rings (SSSR count). The molecule has 1 aliphatic rings. The summed E-state index contributed by atoms with van der Waals surface area (Å²) in [4.78, 5) is 18.1. The van der Waals surface area contributed by atoms with Gasteiger partial charge in [0.1, 0.15) is 5.82 Å². The van der Waals surface area contributed by atoms with Crippen molar-refractivity contribution < 1.29 is 4.79 Å². The first-order valence-corrected chi connectivity index (χ1v) is 6.76. The van der Waals surface area contributed by atoms with Crippen LogP contribution in [0.1, 0.15) is 11.1 Å². The Kier molecular flexibility index (Phi) is 3.32. The first kappa shape index (κ1) is 12.9. The molecule has 2 heterocycles. The Morgan fingerprint density at radius 1 is 1.35 bits per heavy atom. The summed E-state index contributed by atoms with van der Waals surface area (Å²) >= 11 is 6.03. The fourth-order valence-electron chi connectivity index (χ4n) is 2.40. The second-order valence-corrected chi connectivity index (χ2v) is 5.17. The van der Waals surface area contributed by atoms with Gasteiger partial charge in [0.15, 0.2) is 0 Å². The topological polar surface area (TPSA) is 45.2 Å². The molecular weight excluding hydrogens is 274 g/mol. The van der Waals surface area contributed by atoms with Crippen molar-refractivity contribution in [2.24, 2.45) is 0 Å². The normalized spacial score (nSPS) is 13.5. The molecule has 1 amide bonds. The zero-order valence-corrected chi connectivity index (χ0v) is 11.8. The van der Waals surface area contributed by atoms with Gasteiger partial charge in [0.25, 0.3) is 0 Å². The minimum atomic E-state index is 0.102. The van der Waals surface area contributed by atoms with Crippen LogP contribution >= 0.6 is 11.6 Å². The van der Waals surface area contributed by atoms with E-state index in [0.29, 0.717) is 18.0 Å². The number of pyridine rings is 1. The number of anilines is 2. The molecular formula is C15H14ClN3O. The molecule has 20 heavy (non-hydrogen) atoms. The highest BCUT2D eigenvalue weighted by Crippen LogP contribution is 2.32. The Bertz CT molecular complexity index is 672. The van der Waals surface area contributed by atoms with Gasteiger partial charge in [0.2, 0.25) is 5.91 Å². The molecule has 0 unspecified atom stereocenters. The van der Waals surface area contributed by atoms with Crippen LogP contribution in [0.2, 0.25) is 5.02 Å². The lowest BCUT2D eigenvalue weighted by molar-refractivity contribution is -0.117. The van der Waals surface area contributed by atoms with E-state index in [2.05, 4.69) is 10.3 Å². The molecule has 0 spiro atoms. The SMILES string of the molecule is CNc1cc(CN2C(=O)Cc3ccc(Cl)cc32)ccn1. The lowest BCUT2D eigenvalue weighted by atomic mass is 10.1. The number of hydrogen-bond acceptors (Lipinski definition) is 3. The number of carbonyl (C=O) groups excluding carboxylic acids is 1. The van der Waals surface area contributed by atoms with Crippen molar-refractivity contribution in [1.82, 2.24) is 4.98 Å². The van der Waals surface area contributed by atoms with E-state index in [-0.39, 0.29) is 5.91 Å². The molecule has 5 heteroatoms. The summed E-state index contributed by atoms with van der Waals surface area (Å²) in [5.41, 5.74) is 2.97. The second-order valence-electron chi connectivity index (χ2n) is 4.73. The fraction of sp³-hybridized carbons (Fsp3) is 0.200. The van der Waals surface area contributed by atoms with Crippen LogP contribution in [0.3, 0.4) is 0 Å². The number of benzene rings is 1. The van der Waals surface area contributed by atoms with E-state index in [0.717, 1.165) is 22.6 Å². The van der Waals surface area contributed by atoms with Crippen molar-refractivity contribution in [2.45, 2.75) is 13.0 Å². The first-order valence-electron chi connectivity index (χ1n) is 6.39. The average molecular weight is 288 g/mol. The molecule has 1 aromatic carbocycles. The minimum absolute atomic E-state index is 0.102. The predicted molar refractivity (Wildman–Crippen MR) is 80.1 cm³/mol. The van der Waals surface area contributed by atoms with Crippen molar-refractivity contribution in [3.8, 4) is 0 Å². The molecule has 0 aliphatic carbocycles. The molecule has 0 radical (unpaired) electrons. The maximum absolute atomic E-state index is 12.2. The van der Waals surface area contributed by atoms with Crippen LogP contribution in [-0.4, -0.2) is 17.9 Å². The number of halogens is 1. The Morgan fingerprint density at radius 2 is 2.20 bits per heavy atom. The summed E-state index contributed by atoms with van der Waals surface area (Å²) in [6, 6.07) is 9.44. The van der Waals surface area contributed by atoms with Crippen molar-refractivity contribution >= 4 is 29.0 Å². The molecule has 1 N–H and O–H groups in total. The lowest BCUT2D eigenvalue weighted by Crippen LogP contribution is -2.26. The predicted octanol–water partition coefficient (Wildman–Crippen LogP) is 2.87. The maximum Gasteiger partial charge on any atom is 0.231 e. The van der Waals surface area contributed by atoms with Gasteiger partial charge < -0.3 is 10.2 Å². The second kappa shape index (κ2) is 5.13. The number of aromatic nitrogens is 1. The minimum Gasteiger partial charge on any atom is -0.373 e. The molecule has 0 bridgehead atoms. The lowest BCUT2D eigenvalue weighted by Gasteiger charge is -2.18. The summed E-state index contributed by atoms with van der Waals surface area (Å²) in [7, 11) is 1.82. The van der Waals surface area contributed by atoms with E-state index in [1.807, 2.05) is 37.4 Å². The van der Waals surface area contributed by atoms with E-state index >= 15 is 0 Å². The van der Waals surface area contributed by atoms with Gasteiger partial charge >= 0.3 is 0 Å². The van der Waals surface area contributed by atoms with Gasteiger partial charge in [-0.3, -0.25) is 4.79 Å². The van der Waals surface area contributed by atoms with Crippen LogP contribution in [0.5, 0.6) is 0 Å². The van der Waals surface area contributed by atoms with Gasteiger partial charge in [-0.2, -0.15) is 0 Å². The van der Waals surface area contributed by atoms with Crippen molar-refractivity contribution in [3.63, 3.8) is 0 Å². The molecule has 0 fully saturated rings. The van der Waals surface area contributed by atoms with Crippen LogP contribution < -0.4 is 10.2 Å². The molecule has 1 aliphatic heterocycles. The number of amides is 1. The highest BCUT2D eigenvalue weighted by Gasteiger charge is 2.27. The number of rotatable bonds is 3. The van der Waals surface area contributed by atoms with E-state index in [1.165, 1.54) is 0 Å². The van der Waals surface area contributed by atoms with Gasteiger partial charge in [0.05, 0.1) is 13.0 Å².